The lowest BCUT2D eigenvalue weighted by Crippen LogP contribution is -2.21. The van der Waals surface area contributed by atoms with Crippen molar-refractivity contribution >= 4 is 11.6 Å². The van der Waals surface area contributed by atoms with E-state index < -0.39 is 0 Å². The maximum atomic E-state index is 4.42. The Labute approximate surface area is 97.3 Å². The van der Waals surface area contributed by atoms with Gasteiger partial charge >= 0.3 is 0 Å². The van der Waals surface area contributed by atoms with Gasteiger partial charge in [0.15, 0.2) is 0 Å². The van der Waals surface area contributed by atoms with Gasteiger partial charge in [-0.1, -0.05) is 6.92 Å². The highest BCUT2D eigenvalue weighted by Gasteiger charge is 2.01. The standard InChI is InChI=1S/C11H21N5/c1-5-9-14-10(12-2)8-11(15-9)13-6-7-16(3)4/h8H,5-7H2,1-4H3,(H2,12,13,14,15). The lowest BCUT2D eigenvalue weighted by Gasteiger charge is -2.12. The number of hydrogen-bond donors (Lipinski definition) is 2. The number of aromatic nitrogens is 2. The van der Waals surface area contributed by atoms with Gasteiger partial charge in [-0.05, 0) is 14.1 Å². The third-order valence-electron chi connectivity index (χ3n) is 2.21. The molecule has 0 amide bonds. The summed E-state index contributed by atoms with van der Waals surface area (Å²) < 4.78 is 0. The molecule has 0 fully saturated rings. The average molecular weight is 223 g/mol. The minimum absolute atomic E-state index is 0.845. The highest BCUT2D eigenvalue weighted by molar-refractivity contribution is 5.47. The summed E-state index contributed by atoms with van der Waals surface area (Å²) in [5, 5.41) is 6.33. The first kappa shape index (κ1) is 12.7. The van der Waals surface area contributed by atoms with Crippen LogP contribution in [-0.2, 0) is 6.42 Å². The predicted molar refractivity (Wildman–Crippen MR) is 68.0 cm³/mol. The van der Waals surface area contributed by atoms with E-state index in [0.717, 1.165) is 37.0 Å². The van der Waals surface area contributed by atoms with Crippen LogP contribution in [0.5, 0.6) is 0 Å². The topological polar surface area (TPSA) is 53.1 Å². The fourth-order valence-corrected chi connectivity index (χ4v) is 1.28. The first-order valence-electron chi connectivity index (χ1n) is 5.60. The van der Waals surface area contributed by atoms with Gasteiger partial charge in [-0.2, -0.15) is 0 Å². The Hall–Kier alpha value is -1.36. The third-order valence-corrected chi connectivity index (χ3v) is 2.21. The van der Waals surface area contributed by atoms with Gasteiger partial charge in [0.2, 0.25) is 0 Å². The molecule has 1 heterocycles. The van der Waals surface area contributed by atoms with Crippen LogP contribution in [0, 0.1) is 0 Å². The van der Waals surface area contributed by atoms with Gasteiger partial charge in [0.05, 0.1) is 0 Å². The van der Waals surface area contributed by atoms with E-state index in [1.807, 2.05) is 13.1 Å². The van der Waals surface area contributed by atoms with E-state index in [-0.39, 0.29) is 0 Å². The zero-order valence-corrected chi connectivity index (χ0v) is 10.5. The molecule has 0 aromatic carbocycles. The molecular weight excluding hydrogens is 202 g/mol. The van der Waals surface area contributed by atoms with Gasteiger partial charge < -0.3 is 15.5 Å². The van der Waals surface area contributed by atoms with Gasteiger partial charge in [-0.25, -0.2) is 9.97 Å². The van der Waals surface area contributed by atoms with Crippen molar-refractivity contribution in [3.05, 3.63) is 11.9 Å². The lowest BCUT2D eigenvalue weighted by atomic mass is 10.4. The Morgan fingerprint density at radius 2 is 1.94 bits per heavy atom. The minimum Gasteiger partial charge on any atom is -0.373 e. The van der Waals surface area contributed by atoms with Crippen LogP contribution in [0.4, 0.5) is 11.6 Å². The van der Waals surface area contributed by atoms with Gasteiger partial charge in [-0.15, -0.1) is 0 Å². The van der Waals surface area contributed by atoms with Crippen LogP contribution in [0.15, 0.2) is 6.07 Å². The maximum absolute atomic E-state index is 4.42. The molecule has 16 heavy (non-hydrogen) atoms. The van der Waals surface area contributed by atoms with Crippen molar-refractivity contribution in [1.82, 2.24) is 14.9 Å². The summed E-state index contributed by atoms with van der Waals surface area (Å²) in [4.78, 5) is 10.9. The molecule has 0 saturated carbocycles. The second kappa shape index (κ2) is 6.27. The monoisotopic (exact) mass is 223 g/mol. The molecule has 0 aliphatic carbocycles. The Kier molecular flexibility index (Phi) is 4.98. The number of nitrogens with one attached hydrogen (secondary N) is 2. The molecule has 1 rings (SSSR count). The number of aryl methyl sites for hydroxylation is 1. The Balaban J connectivity index is 2.64. The number of rotatable bonds is 6. The fraction of sp³-hybridized carbons (Fsp3) is 0.636. The molecule has 0 radical (unpaired) electrons. The van der Waals surface area contributed by atoms with E-state index >= 15 is 0 Å². The highest BCUT2D eigenvalue weighted by Crippen LogP contribution is 2.10. The number of anilines is 2. The third kappa shape index (κ3) is 4.02. The zero-order chi connectivity index (χ0) is 12.0. The molecule has 0 saturated heterocycles. The first-order chi connectivity index (χ1) is 7.65. The molecular formula is C11H21N5. The number of likely N-dealkylation sites (N-methyl/N-ethyl adjacent to an activating group) is 1. The molecule has 5 nitrogen and oxygen atoms in total. The van der Waals surface area contributed by atoms with Crippen LogP contribution < -0.4 is 10.6 Å². The minimum atomic E-state index is 0.845. The van der Waals surface area contributed by atoms with Crippen LogP contribution in [0.3, 0.4) is 0 Å². The normalized spacial score (nSPS) is 10.6. The molecule has 5 heteroatoms. The first-order valence-corrected chi connectivity index (χ1v) is 5.60. The van der Waals surface area contributed by atoms with E-state index in [1.165, 1.54) is 0 Å². The largest absolute Gasteiger partial charge is 0.373 e. The summed E-state index contributed by atoms with van der Waals surface area (Å²) in [6.45, 7) is 3.93. The molecule has 0 aliphatic rings. The second-order valence-corrected chi connectivity index (χ2v) is 3.89. The molecule has 0 aliphatic heterocycles. The summed E-state index contributed by atoms with van der Waals surface area (Å²) >= 11 is 0. The summed E-state index contributed by atoms with van der Waals surface area (Å²) in [6.07, 6.45) is 0.845. The zero-order valence-electron chi connectivity index (χ0n) is 10.5. The van der Waals surface area contributed by atoms with E-state index in [1.54, 1.807) is 0 Å². The summed E-state index contributed by atoms with van der Waals surface area (Å²) in [5.41, 5.74) is 0. The highest BCUT2D eigenvalue weighted by atomic mass is 15.1. The molecule has 0 atom stereocenters. The Morgan fingerprint density at radius 1 is 1.25 bits per heavy atom. The SMILES string of the molecule is CCc1nc(NC)cc(NCCN(C)C)n1. The number of nitrogens with zero attached hydrogens (tertiary/aromatic N) is 3. The summed E-state index contributed by atoms with van der Waals surface area (Å²) in [5.74, 6) is 2.61. The van der Waals surface area contributed by atoms with Crippen LogP contribution in [0.25, 0.3) is 0 Å². The average Bonchev–Trinajstić information content (AvgIpc) is 2.28. The molecule has 1 aromatic rings. The number of hydrogen-bond acceptors (Lipinski definition) is 5. The molecule has 90 valence electrons. The van der Waals surface area contributed by atoms with E-state index in [4.69, 9.17) is 0 Å². The molecule has 0 unspecified atom stereocenters. The van der Waals surface area contributed by atoms with Crippen molar-refractivity contribution in [3.63, 3.8) is 0 Å². The second-order valence-electron chi connectivity index (χ2n) is 3.89. The quantitative estimate of drug-likeness (QED) is 0.755. The Morgan fingerprint density at radius 3 is 2.50 bits per heavy atom. The summed E-state index contributed by atoms with van der Waals surface area (Å²) in [6, 6.07) is 1.93. The molecule has 0 bridgehead atoms. The van der Waals surface area contributed by atoms with Crippen LogP contribution >= 0.6 is 0 Å². The summed E-state index contributed by atoms with van der Waals surface area (Å²) in [7, 11) is 5.97. The van der Waals surface area contributed by atoms with Gasteiger partial charge in [-0.3, -0.25) is 0 Å². The van der Waals surface area contributed by atoms with Crippen molar-refractivity contribution < 1.29 is 0 Å². The van der Waals surface area contributed by atoms with Crippen molar-refractivity contribution in [2.75, 3.05) is 44.9 Å². The molecule has 0 spiro atoms. The van der Waals surface area contributed by atoms with Gasteiger partial charge in [0, 0.05) is 32.6 Å². The van der Waals surface area contributed by atoms with E-state index in [0.29, 0.717) is 0 Å². The fourth-order valence-electron chi connectivity index (χ4n) is 1.28. The van der Waals surface area contributed by atoms with Crippen molar-refractivity contribution in [1.29, 1.82) is 0 Å². The van der Waals surface area contributed by atoms with Crippen LogP contribution in [0.1, 0.15) is 12.7 Å². The predicted octanol–water partition coefficient (Wildman–Crippen LogP) is 1.05. The van der Waals surface area contributed by atoms with E-state index in [2.05, 4.69) is 46.5 Å². The maximum Gasteiger partial charge on any atom is 0.132 e. The van der Waals surface area contributed by atoms with Crippen LogP contribution in [-0.4, -0.2) is 49.1 Å². The Bertz CT molecular complexity index is 302. The van der Waals surface area contributed by atoms with Crippen LogP contribution in [0.2, 0.25) is 0 Å². The van der Waals surface area contributed by atoms with Crippen molar-refractivity contribution in [3.8, 4) is 0 Å². The molecule has 1 aromatic heterocycles. The smallest absolute Gasteiger partial charge is 0.132 e. The van der Waals surface area contributed by atoms with E-state index in [9.17, 15) is 0 Å². The van der Waals surface area contributed by atoms with Gasteiger partial charge in [0.1, 0.15) is 17.5 Å². The molecule has 2 N–H and O–H groups in total. The van der Waals surface area contributed by atoms with Crippen molar-refractivity contribution in [2.45, 2.75) is 13.3 Å². The van der Waals surface area contributed by atoms with Gasteiger partial charge in [0.25, 0.3) is 0 Å². The lowest BCUT2D eigenvalue weighted by molar-refractivity contribution is 0.425. The van der Waals surface area contributed by atoms with Crippen molar-refractivity contribution in [2.24, 2.45) is 0 Å².